The lowest BCUT2D eigenvalue weighted by Crippen LogP contribution is -2.29. The van der Waals surface area contributed by atoms with Crippen LogP contribution in [0.4, 0.5) is 0 Å². The van der Waals surface area contributed by atoms with E-state index in [4.69, 9.17) is 0 Å². The average Bonchev–Trinajstić information content (AvgIpc) is 2.89. The number of likely N-dealkylation sites (N-methyl/N-ethyl adjacent to an activating group) is 1. The number of pyridine rings is 1. The second kappa shape index (κ2) is 8.00. The predicted molar refractivity (Wildman–Crippen MR) is 105 cm³/mol. The number of carbonyl (C=O) groups is 1. The van der Waals surface area contributed by atoms with E-state index in [0.717, 1.165) is 56.0 Å². The summed E-state index contributed by atoms with van der Waals surface area (Å²) in [7, 11) is 2.14. The van der Waals surface area contributed by atoms with E-state index >= 15 is 0 Å². The number of hydrogen-bond acceptors (Lipinski definition) is 3. The van der Waals surface area contributed by atoms with Crippen molar-refractivity contribution in [2.45, 2.75) is 40.2 Å². The van der Waals surface area contributed by atoms with Crippen LogP contribution in [0.1, 0.15) is 44.9 Å². The van der Waals surface area contributed by atoms with Crippen LogP contribution in [0.5, 0.6) is 0 Å². The van der Waals surface area contributed by atoms with Gasteiger partial charge in [0.15, 0.2) is 0 Å². The Kier molecular flexibility index (Phi) is 5.72. The molecule has 1 aliphatic rings. The van der Waals surface area contributed by atoms with Gasteiger partial charge in [-0.3, -0.25) is 9.78 Å². The van der Waals surface area contributed by atoms with Gasteiger partial charge < -0.3 is 9.80 Å². The van der Waals surface area contributed by atoms with E-state index in [1.807, 2.05) is 24.0 Å². The molecule has 1 aromatic carbocycles. The van der Waals surface area contributed by atoms with Crippen LogP contribution < -0.4 is 0 Å². The molecule has 0 aliphatic carbocycles. The smallest absolute Gasteiger partial charge is 0.254 e. The van der Waals surface area contributed by atoms with Crippen molar-refractivity contribution in [3.05, 3.63) is 64.0 Å². The van der Waals surface area contributed by atoms with Gasteiger partial charge in [-0.25, -0.2) is 0 Å². The SMILES string of the molecule is Cc1cccc(CCN(C)CCCN2Cc3cc(C)c(C)cc3C2=O)n1. The first-order valence-corrected chi connectivity index (χ1v) is 9.44. The molecule has 0 N–H and O–H groups in total. The minimum Gasteiger partial charge on any atom is -0.334 e. The quantitative estimate of drug-likeness (QED) is 0.766. The van der Waals surface area contributed by atoms with Crippen molar-refractivity contribution in [3.8, 4) is 0 Å². The number of aryl methyl sites for hydroxylation is 3. The molecule has 0 bridgehead atoms. The van der Waals surface area contributed by atoms with E-state index in [0.29, 0.717) is 0 Å². The minimum absolute atomic E-state index is 0.190. The summed E-state index contributed by atoms with van der Waals surface area (Å²) < 4.78 is 0. The molecule has 3 rings (SSSR count). The zero-order valence-corrected chi connectivity index (χ0v) is 16.4. The third-order valence-corrected chi connectivity index (χ3v) is 5.26. The van der Waals surface area contributed by atoms with Crippen molar-refractivity contribution in [3.63, 3.8) is 0 Å². The van der Waals surface area contributed by atoms with E-state index in [2.05, 4.69) is 49.0 Å². The van der Waals surface area contributed by atoms with Crippen LogP contribution in [0.15, 0.2) is 30.3 Å². The minimum atomic E-state index is 0.190. The lowest BCUT2D eigenvalue weighted by atomic mass is 10.0. The van der Waals surface area contributed by atoms with Crippen molar-refractivity contribution >= 4 is 5.91 Å². The summed E-state index contributed by atoms with van der Waals surface area (Å²) in [5, 5.41) is 0. The van der Waals surface area contributed by atoms with Gasteiger partial charge >= 0.3 is 0 Å². The van der Waals surface area contributed by atoms with Gasteiger partial charge in [0.2, 0.25) is 0 Å². The normalized spacial score (nSPS) is 13.6. The molecule has 0 atom stereocenters. The summed E-state index contributed by atoms with van der Waals surface area (Å²) in [6.45, 7) is 9.77. The fourth-order valence-electron chi connectivity index (χ4n) is 3.52. The van der Waals surface area contributed by atoms with Gasteiger partial charge in [0.25, 0.3) is 5.91 Å². The van der Waals surface area contributed by atoms with Gasteiger partial charge in [-0.15, -0.1) is 0 Å². The Balaban J connectivity index is 1.44. The Hall–Kier alpha value is -2.20. The summed E-state index contributed by atoms with van der Waals surface area (Å²) in [6, 6.07) is 10.4. The van der Waals surface area contributed by atoms with Gasteiger partial charge in [0, 0.05) is 43.0 Å². The number of fused-ring (bicyclic) bond motifs is 1. The standard InChI is InChI=1S/C22H29N3O/c1-16-13-19-15-25(22(26)21(19)14-17(16)2)11-6-10-24(4)12-9-20-8-5-7-18(3)23-20/h5,7-8,13-14H,6,9-12,15H2,1-4H3. The van der Waals surface area contributed by atoms with Gasteiger partial charge in [-0.05, 0) is 75.7 Å². The lowest BCUT2D eigenvalue weighted by Gasteiger charge is -2.20. The summed E-state index contributed by atoms with van der Waals surface area (Å²) in [5.74, 6) is 0.190. The van der Waals surface area contributed by atoms with Crippen molar-refractivity contribution in [1.29, 1.82) is 0 Å². The van der Waals surface area contributed by atoms with E-state index in [9.17, 15) is 4.79 Å². The molecule has 0 unspecified atom stereocenters. The Morgan fingerprint density at radius 3 is 2.65 bits per heavy atom. The van der Waals surface area contributed by atoms with Crippen molar-refractivity contribution in [2.75, 3.05) is 26.7 Å². The highest BCUT2D eigenvalue weighted by atomic mass is 16.2. The third kappa shape index (κ3) is 4.31. The Morgan fingerprint density at radius 1 is 1.12 bits per heavy atom. The number of nitrogens with zero attached hydrogens (tertiary/aromatic N) is 3. The number of aromatic nitrogens is 1. The number of rotatable bonds is 7. The van der Waals surface area contributed by atoms with Crippen LogP contribution in [0, 0.1) is 20.8 Å². The van der Waals surface area contributed by atoms with Crippen LogP contribution in [0.3, 0.4) is 0 Å². The first-order chi connectivity index (χ1) is 12.4. The molecule has 26 heavy (non-hydrogen) atoms. The van der Waals surface area contributed by atoms with Crippen LogP contribution >= 0.6 is 0 Å². The summed E-state index contributed by atoms with van der Waals surface area (Å²) in [5.41, 5.74) is 6.76. The maximum absolute atomic E-state index is 12.6. The summed E-state index contributed by atoms with van der Waals surface area (Å²) in [4.78, 5) is 21.4. The molecule has 1 aromatic heterocycles. The maximum atomic E-state index is 12.6. The number of benzene rings is 1. The van der Waals surface area contributed by atoms with E-state index in [-0.39, 0.29) is 5.91 Å². The zero-order chi connectivity index (χ0) is 18.7. The number of hydrogen-bond donors (Lipinski definition) is 0. The molecular formula is C22H29N3O. The molecular weight excluding hydrogens is 322 g/mol. The molecule has 4 heteroatoms. The van der Waals surface area contributed by atoms with Gasteiger partial charge in [0.05, 0.1) is 0 Å². The topological polar surface area (TPSA) is 36.4 Å². The second-order valence-corrected chi connectivity index (χ2v) is 7.50. The Labute approximate surface area is 156 Å². The van der Waals surface area contributed by atoms with Crippen LogP contribution in [-0.4, -0.2) is 47.4 Å². The molecule has 0 saturated heterocycles. The highest BCUT2D eigenvalue weighted by Crippen LogP contribution is 2.25. The van der Waals surface area contributed by atoms with Gasteiger partial charge in [0.1, 0.15) is 0 Å². The largest absolute Gasteiger partial charge is 0.334 e. The molecule has 0 saturated carbocycles. The van der Waals surface area contributed by atoms with Gasteiger partial charge in [-0.2, -0.15) is 0 Å². The van der Waals surface area contributed by atoms with E-state index in [1.54, 1.807) is 0 Å². The molecule has 0 spiro atoms. The fraction of sp³-hybridized carbons (Fsp3) is 0.455. The third-order valence-electron chi connectivity index (χ3n) is 5.26. The van der Waals surface area contributed by atoms with E-state index < -0.39 is 0 Å². The highest BCUT2D eigenvalue weighted by Gasteiger charge is 2.27. The Morgan fingerprint density at radius 2 is 1.88 bits per heavy atom. The number of amides is 1. The lowest BCUT2D eigenvalue weighted by molar-refractivity contribution is 0.0772. The molecule has 138 valence electrons. The Bertz CT molecular complexity index is 800. The van der Waals surface area contributed by atoms with Crippen molar-refractivity contribution < 1.29 is 4.79 Å². The van der Waals surface area contributed by atoms with Crippen molar-refractivity contribution in [2.24, 2.45) is 0 Å². The molecule has 0 radical (unpaired) electrons. The second-order valence-electron chi connectivity index (χ2n) is 7.50. The van der Waals surface area contributed by atoms with Gasteiger partial charge in [-0.1, -0.05) is 12.1 Å². The molecule has 0 fully saturated rings. The molecule has 1 aliphatic heterocycles. The molecule has 1 amide bonds. The monoisotopic (exact) mass is 351 g/mol. The average molecular weight is 351 g/mol. The van der Waals surface area contributed by atoms with Crippen LogP contribution in [-0.2, 0) is 13.0 Å². The van der Waals surface area contributed by atoms with E-state index in [1.165, 1.54) is 16.7 Å². The first-order valence-electron chi connectivity index (χ1n) is 9.44. The van der Waals surface area contributed by atoms with Crippen LogP contribution in [0.25, 0.3) is 0 Å². The first kappa shape index (κ1) is 18.6. The maximum Gasteiger partial charge on any atom is 0.254 e. The molecule has 2 aromatic rings. The molecule has 2 heterocycles. The molecule has 4 nitrogen and oxygen atoms in total. The van der Waals surface area contributed by atoms with Crippen LogP contribution in [0.2, 0.25) is 0 Å². The fourth-order valence-corrected chi connectivity index (χ4v) is 3.52. The number of carbonyl (C=O) groups excluding carboxylic acids is 1. The highest BCUT2D eigenvalue weighted by molar-refractivity contribution is 5.98. The summed E-state index contributed by atoms with van der Waals surface area (Å²) >= 11 is 0. The summed E-state index contributed by atoms with van der Waals surface area (Å²) in [6.07, 6.45) is 1.96. The predicted octanol–water partition coefficient (Wildman–Crippen LogP) is 3.53. The van der Waals surface area contributed by atoms with Crippen molar-refractivity contribution in [1.82, 2.24) is 14.8 Å². The zero-order valence-electron chi connectivity index (χ0n) is 16.4.